The van der Waals surface area contributed by atoms with Gasteiger partial charge in [0.25, 0.3) is 5.91 Å². The van der Waals surface area contributed by atoms with Gasteiger partial charge in [0.1, 0.15) is 0 Å². The number of rotatable bonds is 2. The summed E-state index contributed by atoms with van der Waals surface area (Å²) in [5.74, 6) is 5.75. The van der Waals surface area contributed by atoms with E-state index in [1.165, 1.54) is 6.42 Å². The number of hydrogen-bond donors (Lipinski definition) is 1. The Labute approximate surface area is 131 Å². The van der Waals surface area contributed by atoms with E-state index in [-0.39, 0.29) is 5.91 Å². The summed E-state index contributed by atoms with van der Waals surface area (Å²) in [5, 5.41) is 0.506. The first-order valence-electron chi connectivity index (χ1n) is 7.46. The van der Waals surface area contributed by atoms with Crippen molar-refractivity contribution in [3.63, 3.8) is 0 Å². The second-order valence-electron chi connectivity index (χ2n) is 5.26. The number of halogens is 1. The zero-order valence-electron chi connectivity index (χ0n) is 12.4. The van der Waals surface area contributed by atoms with Crippen molar-refractivity contribution in [3.8, 4) is 11.8 Å². The van der Waals surface area contributed by atoms with Crippen molar-refractivity contribution in [1.29, 1.82) is 0 Å². The van der Waals surface area contributed by atoms with Crippen molar-refractivity contribution in [2.24, 2.45) is 5.73 Å². The molecule has 4 heteroatoms. The maximum atomic E-state index is 12.7. The van der Waals surface area contributed by atoms with Crippen molar-refractivity contribution in [3.05, 3.63) is 34.3 Å². The summed E-state index contributed by atoms with van der Waals surface area (Å²) in [7, 11) is 0. The third-order valence-electron chi connectivity index (χ3n) is 3.90. The molecule has 0 aliphatic carbocycles. The predicted octanol–water partition coefficient (Wildman–Crippen LogP) is 3.05. The standard InChI is InChI=1S/C17H21ClN2O/c1-2-15-7-3-4-11-20(15)17(21)14-9-8-13(6-5-10-19)16(18)12-14/h8-9,12,15H,2-4,7,10-11,19H2,1H3. The number of carbonyl (C=O) groups excluding carboxylic acids is 1. The summed E-state index contributed by atoms with van der Waals surface area (Å²) in [4.78, 5) is 14.6. The molecule has 0 saturated carbocycles. The van der Waals surface area contributed by atoms with E-state index in [9.17, 15) is 4.79 Å². The Kier molecular flexibility index (Phi) is 5.67. The monoisotopic (exact) mass is 304 g/mol. The number of nitrogens with two attached hydrogens (primary N) is 1. The van der Waals surface area contributed by atoms with E-state index in [2.05, 4.69) is 18.8 Å². The van der Waals surface area contributed by atoms with Crippen LogP contribution in [0, 0.1) is 11.8 Å². The molecule has 0 spiro atoms. The highest BCUT2D eigenvalue weighted by Gasteiger charge is 2.26. The second-order valence-corrected chi connectivity index (χ2v) is 5.66. The van der Waals surface area contributed by atoms with Gasteiger partial charge in [-0.05, 0) is 43.9 Å². The molecule has 1 aliphatic heterocycles. The highest BCUT2D eigenvalue weighted by Crippen LogP contribution is 2.24. The van der Waals surface area contributed by atoms with Crippen LogP contribution in [0.2, 0.25) is 5.02 Å². The van der Waals surface area contributed by atoms with Crippen LogP contribution in [0.3, 0.4) is 0 Å². The largest absolute Gasteiger partial charge is 0.336 e. The van der Waals surface area contributed by atoms with Crippen LogP contribution in [0.5, 0.6) is 0 Å². The first-order valence-corrected chi connectivity index (χ1v) is 7.84. The van der Waals surface area contributed by atoms with Crippen LogP contribution in [-0.4, -0.2) is 29.9 Å². The Bertz CT molecular complexity index is 574. The van der Waals surface area contributed by atoms with E-state index in [4.69, 9.17) is 17.3 Å². The highest BCUT2D eigenvalue weighted by atomic mass is 35.5. The molecule has 1 aromatic rings. The summed E-state index contributed by atoms with van der Waals surface area (Å²) < 4.78 is 0. The Morgan fingerprint density at radius 2 is 2.29 bits per heavy atom. The lowest BCUT2D eigenvalue weighted by Gasteiger charge is -2.35. The molecule has 1 amide bonds. The number of likely N-dealkylation sites (tertiary alicyclic amines) is 1. The average molecular weight is 305 g/mol. The first kappa shape index (κ1) is 15.9. The number of carbonyl (C=O) groups is 1. The van der Waals surface area contributed by atoms with E-state index in [0.717, 1.165) is 25.8 Å². The smallest absolute Gasteiger partial charge is 0.254 e. The van der Waals surface area contributed by atoms with E-state index < -0.39 is 0 Å². The van der Waals surface area contributed by atoms with Crippen molar-refractivity contribution >= 4 is 17.5 Å². The summed E-state index contributed by atoms with van der Waals surface area (Å²) in [6.45, 7) is 3.27. The SMILES string of the molecule is CCC1CCCCN1C(=O)c1ccc(C#CCN)c(Cl)c1. The van der Waals surface area contributed by atoms with Gasteiger partial charge in [-0.15, -0.1) is 0 Å². The summed E-state index contributed by atoms with van der Waals surface area (Å²) >= 11 is 6.20. The third kappa shape index (κ3) is 3.78. The maximum Gasteiger partial charge on any atom is 0.254 e. The van der Waals surface area contributed by atoms with Crippen LogP contribution in [0.4, 0.5) is 0 Å². The maximum absolute atomic E-state index is 12.7. The molecular weight excluding hydrogens is 284 g/mol. The van der Waals surface area contributed by atoms with Crippen LogP contribution < -0.4 is 5.73 Å². The molecule has 112 valence electrons. The Morgan fingerprint density at radius 1 is 1.48 bits per heavy atom. The molecule has 1 aromatic carbocycles. The minimum Gasteiger partial charge on any atom is -0.336 e. The minimum atomic E-state index is 0.0711. The lowest BCUT2D eigenvalue weighted by Crippen LogP contribution is -2.43. The van der Waals surface area contributed by atoms with Gasteiger partial charge in [0.05, 0.1) is 11.6 Å². The van der Waals surface area contributed by atoms with Gasteiger partial charge in [-0.3, -0.25) is 4.79 Å². The molecule has 21 heavy (non-hydrogen) atoms. The number of amides is 1. The third-order valence-corrected chi connectivity index (χ3v) is 4.21. The van der Waals surface area contributed by atoms with E-state index in [0.29, 0.717) is 28.7 Å². The topological polar surface area (TPSA) is 46.3 Å². The van der Waals surface area contributed by atoms with Crippen LogP contribution in [0.15, 0.2) is 18.2 Å². The lowest BCUT2D eigenvalue weighted by molar-refractivity contribution is 0.0608. The normalized spacial score (nSPS) is 18.0. The lowest BCUT2D eigenvalue weighted by atomic mass is 9.98. The molecule has 0 bridgehead atoms. The fourth-order valence-electron chi connectivity index (χ4n) is 2.75. The number of piperidine rings is 1. The van der Waals surface area contributed by atoms with Gasteiger partial charge < -0.3 is 10.6 Å². The molecular formula is C17H21ClN2O. The Hall–Kier alpha value is -1.50. The zero-order valence-corrected chi connectivity index (χ0v) is 13.1. The molecule has 0 aromatic heterocycles. The average Bonchev–Trinajstić information content (AvgIpc) is 2.53. The van der Waals surface area contributed by atoms with Gasteiger partial charge in [0.15, 0.2) is 0 Å². The number of hydrogen-bond acceptors (Lipinski definition) is 2. The zero-order chi connectivity index (χ0) is 15.2. The molecule has 1 fully saturated rings. The fourth-order valence-corrected chi connectivity index (χ4v) is 2.98. The van der Waals surface area contributed by atoms with E-state index in [1.54, 1.807) is 18.2 Å². The fraction of sp³-hybridized carbons (Fsp3) is 0.471. The van der Waals surface area contributed by atoms with Crippen molar-refractivity contribution < 1.29 is 4.79 Å². The van der Waals surface area contributed by atoms with Gasteiger partial charge in [-0.2, -0.15) is 0 Å². The van der Waals surface area contributed by atoms with Gasteiger partial charge in [0, 0.05) is 23.7 Å². The van der Waals surface area contributed by atoms with Crippen molar-refractivity contribution in [2.75, 3.05) is 13.1 Å². The number of nitrogens with zero attached hydrogens (tertiary/aromatic N) is 1. The molecule has 1 saturated heterocycles. The van der Waals surface area contributed by atoms with Gasteiger partial charge in [0.2, 0.25) is 0 Å². The number of benzene rings is 1. The molecule has 3 nitrogen and oxygen atoms in total. The van der Waals surface area contributed by atoms with Crippen LogP contribution in [-0.2, 0) is 0 Å². The second kappa shape index (κ2) is 7.49. The predicted molar refractivity (Wildman–Crippen MR) is 86.4 cm³/mol. The van der Waals surface area contributed by atoms with Crippen LogP contribution in [0.25, 0.3) is 0 Å². The molecule has 1 unspecified atom stereocenters. The molecule has 1 aliphatic rings. The molecule has 1 heterocycles. The molecule has 2 rings (SSSR count). The minimum absolute atomic E-state index is 0.0711. The summed E-state index contributed by atoms with van der Waals surface area (Å²) in [6, 6.07) is 5.66. The molecule has 0 radical (unpaired) electrons. The summed E-state index contributed by atoms with van der Waals surface area (Å²) in [6.07, 6.45) is 4.38. The van der Waals surface area contributed by atoms with Crippen LogP contribution in [0.1, 0.15) is 48.5 Å². The van der Waals surface area contributed by atoms with Gasteiger partial charge in [-0.25, -0.2) is 0 Å². The van der Waals surface area contributed by atoms with E-state index >= 15 is 0 Å². The highest BCUT2D eigenvalue weighted by molar-refractivity contribution is 6.32. The van der Waals surface area contributed by atoms with Crippen LogP contribution >= 0.6 is 11.6 Å². The Balaban J connectivity index is 2.21. The summed E-state index contributed by atoms with van der Waals surface area (Å²) in [5.41, 5.74) is 6.71. The quantitative estimate of drug-likeness (QED) is 0.854. The van der Waals surface area contributed by atoms with Gasteiger partial charge >= 0.3 is 0 Å². The Morgan fingerprint density at radius 3 is 2.95 bits per heavy atom. The van der Waals surface area contributed by atoms with Gasteiger partial charge in [-0.1, -0.05) is 30.4 Å². The molecule has 2 N–H and O–H groups in total. The van der Waals surface area contributed by atoms with Crippen molar-refractivity contribution in [1.82, 2.24) is 4.90 Å². The van der Waals surface area contributed by atoms with E-state index in [1.807, 2.05) is 4.90 Å². The van der Waals surface area contributed by atoms with Crippen molar-refractivity contribution in [2.45, 2.75) is 38.6 Å². The molecule has 1 atom stereocenters. The first-order chi connectivity index (χ1) is 10.2.